The van der Waals surface area contributed by atoms with Crippen LogP contribution in [0.1, 0.15) is 41.9 Å². The van der Waals surface area contributed by atoms with E-state index < -0.39 is 17.3 Å². The molecule has 0 bridgehead atoms. The van der Waals surface area contributed by atoms with Crippen LogP contribution >= 0.6 is 11.3 Å². The SMILES string of the molecule is CC(C)(O)C#Cc1cc2c(N(C(=O)c3ccc(-n4nnc5cccnc54)cc3F)[C@@H]3CCCNC3)nccc2s1. The second kappa shape index (κ2) is 10.4. The fourth-order valence-electron chi connectivity index (χ4n) is 4.78. The zero-order valence-corrected chi connectivity index (χ0v) is 22.7. The highest BCUT2D eigenvalue weighted by Crippen LogP contribution is 2.34. The second-order valence-electron chi connectivity index (χ2n) is 10.2. The standard InChI is InChI=1S/C29H26FN7O2S/c1-29(2,39)11-9-20-16-22-25(40-20)10-14-33-26(22)36(19-5-3-12-31-17-19)28(38)21-8-7-18(15-23(21)30)37-27-24(34-35-37)6-4-13-32-27/h4,6-8,10,13-16,19,31,39H,3,5,12,17H2,1-2H3/t19-/m1/s1. The van der Waals surface area contributed by atoms with Crippen LogP contribution in [0.15, 0.2) is 54.9 Å². The average Bonchev–Trinajstić information content (AvgIpc) is 3.57. The Hall–Kier alpha value is -4.24. The molecule has 9 nitrogen and oxygen atoms in total. The number of carbonyl (C=O) groups excluding carboxylic acids is 1. The van der Waals surface area contributed by atoms with E-state index in [4.69, 9.17) is 0 Å². The molecule has 0 radical (unpaired) electrons. The molecule has 0 spiro atoms. The Kier molecular flexibility index (Phi) is 6.75. The van der Waals surface area contributed by atoms with Crippen molar-refractivity contribution in [1.29, 1.82) is 0 Å². The monoisotopic (exact) mass is 555 g/mol. The number of nitrogens with one attached hydrogen (secondary N) is 1. The molecule has 1 fully saturated rings. The predicted molar refractivity (Wildman–Crippen MR) is 152 cm³/mol. The number of hydrogen-bond acceptors (Lipinski definition) is 8. The zero-order valence-electron chi connectivity index (χ0n) is 21.9. The van der Waals surface area contributed by atoms with Gasteiger partial charge >= 0.3 is 0 Å². The third kappa shape index (κ3) is 5.04. The smallest absolute Gasteiger partial charge is 0.262 e. The van der Waals surface area contributed by atoms with Gasteiger partial charge in [0.25, 0.3) is 5.91 Å². The van der Waals surface area contributed by atoms with Crippen LogP contribution in [-0.2, 0) is 0 Å². The van der Waals surface area contributed by atoms with Gasteiger partial charge in [-0.2, -0.15) is 4.68 Å². The van der Waals surface area contributed by atoms with Crippen LogP contribution in [0.5, 0.6) is 0 Å². The number of hydrogen-bond donors (Lipinski definition) is 2. The lowest BCUT2D eigenvalue weighted by Gasteiger charge is -2.34. The topological polar surface area (TPSA) is 109 Å². The summed E-state index contributed by atoms with van der Waals surface area (Å²) in [5.41, 5.74) is 0.288. The fraction of sp³-hybridized carbons (Fsp3) is 0.276. The summed E-state index contributed by atoms with van der Waals surface area (Å²) in [6.45, 7) is 4.67. The molecule has 6 rings (SSSR count). The second-order valence-corrected chi connectivity index (χ2v) is 11.2. The Morgan fingerprint density at radius 2 is 2.10 bits per heavy atom. The highest BCUT2D eigenvalue weighted by molar-refractivity contribution is 7.19. The summed E-state index contributed by atoms with van der Waals surface area (Å²) in [6, 6.07) is 11.4. The molecule has 1 amide bonds. The maximum Gasteiger partial charge on any atom is 0.262 e. The average molecular weight is 556 g/mol. The number of piperidine rings is 1. The van der Waals surface area contributed by atoms with Gasteiger partial charge in [0.15, 0.2) is 5.65 Å². The van der Waals surface area contributed by atoms with E-state index >= 15 is 4.39 Å². The summed E-state index contributed by atoms with van der Waals surface area (Å²) >= 11 is 1.45. The number of amides is 1. The van der Waals surface area contributed by atoms with E-state index in [0.29, 0.717) is 29.2 Å². The predicted octanol–water partition coefficient (Wildman–Crippen LogP) is 4.09. The summed E-state index contributed by atoms with van der Waals surface area (Å²) in [5.74, 6) is 5.16. The van der Waals surface area contributed by atoms with Gasteiger partial charge in [-0.05, 0) is 69.6 Å². The van der Waals surface area contributed by atoms with Gasteiger partial charge in [0.2, 0.25) is 0 Å². The van der Waals surface area contributed by atoms with Crippen LogP contribution in [0.25, 0.3) is 26.9 Å². The first-order valence-corrected chi connectivity index (χ1v) is 13.7. The maximum absolute atomic E-state index is 15.7. The molecule has 40 heavy (non-hydrogen) atoms. The molecule has 1 atom stereocenters. The van der Waals surface area contributed by atoms with Crippen LogP contribution in [0.2, 0.25) is 0 Å². The number of carbonyl (C=O) groups is 1. The number of pyridine rings is 2. The Morgan fingerprint density at radius 1 is 1.23 bits per heavy atom. The quantitative estimate of drug-likeness (QED) is 0.322. The third-order valence-corrected chi connectivity index (χ3v) is 7.65. The summed E-state index contributed by atoms with van der Waals surface area (Å²) < 4.78 is 18.0. The van der Waals surface area contributed by atoms with E-state index in [2.05, 4.69) is 37.4 Å². The number of aliphatic hydroxyl groups is 1. The minimum absolute atomic E-state index is 0.0669. The number of benzene rings is 1. The molecule has 1 saturated heterocycles. The van der Waals surface area contributed by atoms with Gasteiger partial charge in [-0.1, -0.05) is 17.1 Å². The van der Waals surface area contributed by atoms with Crippen molar-refractivity contribution in [3.8, 4) is 17.5 Å². The van der Waals surface area contributed by atoms with Crippen molar-refractivity contribution < 1.29 is 14.3 Å². The highest BCUT2D eigenvalue weighted by atomic mass is 32.1. The lowest BCUT2D eigenvalue weighted by molar-refractivity contribution is 0.0967. The first kappa shape index (κ1) is 26.0. The molecule has 1 aromatic carbocycles. The van der Waals surface area contributed by atoms with E-state index in [0.717, 1.165) is 34.3 Å². The Labute approximate surface area is 233 Å². The molecule has 0 saturated carbocycles. The minimum Gasteiger partial charge on any atom is -0.378 e. The molecule has 4 aromatic heterocycles. The molecule has 0 aliphatic carbocycles. The van der Waals surface area contributed by atoms with Crippen LogP contribution in [0.4, 0.5) is 10.2 Å². The van der Waals surface area contributed by atoms with E-state index in [1.807, 2.05) is 12.1 Å². The van der Waals surface area contributed by atoms with Gasteiger partial charge in [0.1, 0.15) is 22.8 Å². The number of anilines is 1. The van der Waals surface area contributed by atoms with Crippen LogP contribution in [0.3, 0.4) is 0 Å². The van der Waals surface area contributed by atoms with Gasteiger partial charge in [0, 0.05) is 35.1 Å². The maximum atomic E-state index is 15.7. The lowest BCUT2D eigenvalue weighted by atomic mass is 10.0. The molecule has 11 heteroatoms. The number of fused-ring (bicyclic) bond motifs is 2. The van der Waals surface area contributed by atoms with Crippen molar-refractivity contribution >= 4 is 44.3 Å². The molecule has 1 aliphatic heterocycles. The van der Waals surface area contributed by atoms with E-state index in [1.165, 1.54) is 28.2 Å². The first-order chi connectivity index (χ1) is 19.3. The normalized spacial score (nSPS) is 15.7. The fourth-order valence-corrected chi connectivity index (χ4v) is 5.69. The van der Waals surface area contributed by atoms with Gasteiger partial charge < -0.3 is 10.4 Å². The Balaban J connectivity index is 1.41. The number of aromatic nitrogens is 5. The molecule has 2 N–H and O–H groups in total. The van der Waals surface area contributed by atoms with Crippen molar-refractivity contribution in [2.75, 3.05) is 18.0 Å². The number of thiophene rings is 1. The number of rotatable bonds is 4. The van der Waals surface area contributed by atoms with Crippen molar-refractivity contribution in [3.05, 3.63) is 71.1 Å². The van der Waals surface area contributed by atoms with Crippen molar-refractivity contribution in [2.24, 2.45) is 0 Å². The van der Waals surface area contributed by atoms with Gasteiger partial charge in [-0.15, -0.1) is 16.4 Å². The van der Waals surface area contributed by atoms with Crippen LogP contribution in [0, 0.1) is 17.7 Å². The molecular formula is C29H26FN7O2S. The van der Waals surface area contributed by atoms with Gasteiger partial charge in [-0.3, -0.25) is 9.69 Å². The number of halogens is 1. The molecular weight excluding hydrogens is 529 g/mol. The summed E-state index contributed by atoms with van der Waals surface area (Å²) in [5, 5.41) is 22.3. The lowest BCUT2D eigenvalue weighted by Crippen LogP contribution is -2.49. The van der Waals surface area contributed by atoms with E-state index in [1.54, 1.807) is 49.3 Å². The van der Waals surface area contributed by atoms with Crippen LogP contribution in [-0.4, -0.2) is 60.7 Å². The largest absolute Gasteiger partial charge is 0.378 e. The van der Waals surface area contributed by atoms with Crippen molar-refractivity contribution in [2.45, 2.75) is 38.3 Å². The van der Waals surface area contributed by atoms with E-state index in [9.17, 15) is 9.90 Å². The molecule has 5 heterocycles. The highest BCUT2D eigenvalue weighted by Gasteiger charge is 2.32. The Bertz CT molecular complexity index is 1790. The van der Waals surface area contributed by atoms with E-state index in [-0.39, 0.29) is 11.6 Å². The molecule has 5 aromatic rings. The summed E-state index contributed by atoms with van der Waals surface area (Å²) in [6.07, 6.45) is 4.90. The molecule has 202 valence electrons. The summed E-state index contributed by atoms with van der Waals surface area (Å²) in [7, 11) is 0. The molecule has 1 aliphatic rings. The number of nitrogens with zero attached hydrogens (tertiary/aromatic N) is 6. The van der Waals surface area contributed by atoms with Gasteiger partial charge in [0.05, 0.1) is 22.2 Å². The minimum atomic E-state index is -1.13. The van der Waals surface area contributed by atoms with Crippen LogP contribution < -0.4 is 10.2 Å². The first-order valence-electron chi connectivity index (χ1n) is 12.9. The molecule has 0 unspecified atom stereocenters. The third-order valence-electron chi connectivity index (χ3n) is 6.64. The Morgan fingerprint density at radius 3 is 2.88 bits per heavy atom. The summed E-state index contributed by atoms with van der Waals surface area (Å²) in [4.78, 5) is 25.3. The zero-order chi connectivity index (χ0) is 27.9. The van der Waals surface area contributed by atoms with Crippen molar-refractivity contribution in [1.82, 2.24) is 30.3 Å². The van der Waals surface area contributed by atoms with Gasteiger partial charge in [-0.25, -0.2) is 14.4 Å². The van der Waals surface area contributed by atoms with Crippen molar-refractivity contribution in [3.63, 3.8) is 0 Å².